The van der Waals surface area contributed by atoms with E-state index in [0.717, 1.165) is 42.3 Å². The lowest BCUT2D eigenvalue weighted by molar-refractivity contribution is 0.182. The molecule has 0 spiro atoms. The summed E-state index contributed by atoms with van der Waals surface area (Å²) < 4.78 is 0. The Labute approximate surface area is 126 Å². The Morgan fingerprint density at radius 2 is 2.14 bits per heavy atom. The van der Waals surface area contributed by atoms with Gasteiger partial charge in [0.15, 0.2) is 0 Å². The lowest BCUT2D eigenvalue weighted by Crippen LogP contribution is -1.97. The summed E-state index contributed by atoms with van der Waals surface area (Å²) in [5.41, 5.74) is 3.28. The molecule has 1 aromatic heterocycles. The number of fused-ring (bicyclic) bond motifs is 1. The second-order valence-corrected chi connectivity index (χ2v) is 5.43. The van der Waals surface area contributed by atoms with E-state index >= 15 is 0 Å². The van der Waals surface area contributed by atoms with E-state index in [0.29, 0.717) is 0 Å². The molecule has 0 saturated carbocycles. The lowest BCUT2D eigenvalue weighted by Gasteiger charge is -2.02. The highest BCUT2D eigenvalue weighted by molar-refractivity contribution is 5.81. The average molecular weight is 281 g/mol. The maximum atomic E-state index is 9.21. The van der Waals surface area contributed by atoms with Crippen LogP contribution in [0.25, 0.3) is 17.0 Å². The maximum Gasteiger partial charge on any atom is 0.0705 e. The second kappa shape index (κ2) is 7.75. The zero-order valence-corrected chi connectivity index (χ0v) is 12.6. The van der Waals surface area contributed by atoms with E-state index in [9.17, 15) is 5.11 Å². The smallest absolute Gasteiger partial charge is 0.0705 e. The topological polar surface area (TPSA) is 33.1 Å². The molecule has 1 aromatic carbocycles. The predicted octanol–water partition coefficient (Wildman–Crippen LogP) is 4.53. The Hall–Kier alpha value is -1.93. The van der Waals surface area contributed by atoms with Gasteiger partial charge in [0.25, 0.3) is 0 Å². The van der Waals surface area contributed by atoms with Gasteiger partial charge in [-0.15, -0.1) is 6.58 Å². The van der Waals surface area contributed by atoms with Crippen LogP contribution in [0, 0.1) is 0 Å². The second-order valence-electron chi connectivity index (χ2n) is 5.43. The summed E-state index contributed by atoms with van der Waals surface area (Å²) in [6.07, 6.45) is 9.67. The third kappa shape index (κ3) is 4.83. The zero-order valence-electron chi connectivity index (χ0n) is 12.6. The van der Waals surface area contributed by atoms with E-state index < -0.39 is 0 Å². The molecule has 2 rings (SSSR count). The Kier molecular flexibility index (Phi) is 5.70. The first-order valence-corrected chi connectivity index (χ1v) is 7.54. The minimum absolute atomic E-state index is 0.199. The number of aromatic nitrogens is 1. The fraction of sp³-hybridized carbons (Fsp3) is 0.316. The van der Waals surface area contributed by atoms with Crippen molar-refractivity contribution in [1.29, 1.82) is 0 Å². The number of aliphatic hydroxyl groups is 1. The number of allylic oxidation sites excluding steroid dienone is 2. The Morgan fingerprint density at radius 1 is 1.29 bits per heavy atom. The maximum absolute atomic E-state index is 9.21. The summed E-state index contributed by atoms with van der Waals surface area (Å²) in [5, 5.41) is 10.4. The number of nitrogens with zero attached hydrogens (tertiary/aromatic N) is 1. The van der Waals surface area contributed by atoms with Crippen molar-refractivity contribution in [2.24, 2.45) is 0 Å². The lowest BCUT2D eigenvalue weighted by atomic mass is 10.1. The number of hydrogen-bond acceptors (Lipinski definition) is 2. The number of pyridine rings is 1. The fourth-order valence-electron chi connectivity index (χ4n) is 2.30. The van der Waals surface area contributed by atoms with Crippen LogP contribution in [-0.2, 0) is 6.42 Å². The van der Waals surface area contributed by atoms with Gasteiger partial charge in [-0.1, -0.05) is 30.4 Å². The SMILES string of the molecule is C=CCc1ccc2cc(/C=C/CCCC(C)O)ccc2n1. The Balaban J connectivity index is 2.03. The van der Waals surface area contributed by atoms with E-state index in [1.165, 1.54) is 5.56 Å². The molecule has 0 aliphatic rings. The molecule has 1 N–H and O–H groups in total. The largest absolute Gasteiger partial charge is 0.393 e. The molecule has 0 aliphatic heterocycles. The highest BCUT2D eigenvalue weighted by Gasteiger charge is 1.98. The minimum Gasteiger partial charge on any atom is -0.393 e. The molecule has 0 aliphatic carbocycles. The normalized spacial score (nSPS) is 12.9. The molecule has 0 fully saturated rings. The van der Waals surface area contributed by atoms with Crippen LogP contribution in [0.4, 0.5) is 0 Å². The molecule has 2 aromatic rings. The first-order valence-electron chi connectivity index (χ1n) is 7.54. The highest BCUT2D eigenvalue weighted by atomic mass is 16.3. The molecule has 0 radical (unpaired) electrons. The van der Waals surface area contributed by atoms with Crippen LogP contribution in [0.2, 0.25) is 0 Å². The molecule has 1 unspecified atom stereocenters. The van der Waals surface area contributed by atoms with E-state index in [1.54, 1.807) is 0 Å². The monoisotopic (exact) mass is 281 g/mol. The van der Waals surface area contributed by atoms with Gasteiger partial charge in [0.1, 0.15) is 0 Å². The molecule has 110 valence electrons. The quantitative estimate of drug-likeness (QED) is 0.597. The van der Waals surface area contributed by atoms with Gasteiger partial charge in [-0.05, 0) is 49.9 Å². The van der Waals surface area contributed by atoms with Crippen molar-refractivity contribution in [3.8, 4) is 0 Å². The molecule has 0 bridgehead atoms. The molecule has 0 amide bonds. The summed E-state index contributed by atoms with van der Waals surface area (Å²) in [6.45, 7) is 5.58. The molecule has 1 heterocycles. The van der Waals surface area contributed by atoms with Crippen LogP contribution in [0.15, 0.2) is 49.1 Å². The third-order valence-corrected chi connectivity index (χ3v) is 3.43. The molecule has 21 heavy (non-hydrogen) atoms. The van der Waals surface area contributed by atoms with Crippen molar-refractivity contribution >= 4 is 17.0 Å². The summed E-state index contributed by atoms with van der Waals surface area (Å²) in [5.74, 6) is 0. The van der Waals surface area contributed by atoms with Crippen LogP contribution in [0.3, 0.4) is 0 Å². The van der Waals surface area contributed by atoms with Crippen LogP contribution in [0.5, 0.6) is 0 Å². The molecular formula is C19H23NO. The van der Waals surface area contributed by atoms with Gasteiger partial charge in [0.2, 0.25) is 0 Å². The number of benzene rings is 1. The van der Waals surface area contributed by atoms with Crippen LogP contribution < -0.4 is 0 Å². The fourth-order valence-corrected chi connectivity index (χ4v) is 2.30. The van der Waals surface area contributed by atoms with Gasteiger partial charge < -0.3 is 5.11 Å². The Bertz CT molecular complexity index is 628. The molecule has 1 atom stereocenters. The van der Waals surface area contributed by atoms with Crippen LogP contribution in [0.1, 0.15) is 37.4 Å². The number of unbranched alkanes of at least 4 members (excludes halogenated alkanes) is 1. The van der Waals surface area contributed by atoms with Crippen molar-refractivity contribution < 1.29 is 5.11 Å². The summed E-state index contributed by atoms with van der Waals surface area (Å²) in [4.78, 5) is 4.61. The molecule has 0 saturated heterocycles. The van der Waals surface area contributed by atoms with Crippen molar-refractivity contribution in [1.82, 2.24) is 4.98 Å². The first kappa shape index (κ1) is 15.5. The zero-order chi connectivity index (χ0) is 15.1. The molecule has 2 heteroatoms. The Morgan fingerprint density at radius 3 is 2.90 bits per heavy atom. The summed E-state index contributed by atoms with van der Waals surface area (Å²) >= 11 is 0. The first-order chi connectivity index (χ1) is 10.2. The van der Waals surface area contributed by atoms with E-state index in [4.69, 9.17) is 0 Å². The van der Waals surface area contributed by atoms with Crippen molar-refractivity contribution in [2.45, 2.75) is 38.7 Å². The summed E-state index contributed by atoms with van der Waals surface area (Å²) in [6, 6.07) is 10.5. The highest BCUT2D eigenvalue weighted by Crippen LogP contribution is 2.17. The minimum atomic E-state index is -0.199. The van der Waals surface area contributed by atoms with Crippen molar-refractivity contribution in [3.05, 3.63) is 60.3 Å². The van der Waals surface area contributed by atoms with Gasteiger partial charge in [-0.2, -0.15) is 0 Å². The van der Waals surface area contributed by atoms with E-state index in [1.807, 2.05) is 13.0 Å². The van der Waals surface area contributed by atoms with E-state index in [2.05, 4.69) is 54.0 Å². The van der Waals surface area contributed by atoms with Crippen LogP contribution >= 0.6 is 0 Å². The van der Waals surface area contributed by atoms with Gasteiger partial charge in [-0.25, -0.2) is 0 Å². The van der Waals surface area contributed by atoms with Gasteiger partial charge >= 0.3 is 0 Å². The summed E-state index contributed by atoms with van der Waals surface area (Å²) in [7, 11) is 0. The number of hydrogen-bond donors (Lipinski definition) is 1. The van der Waals surface area contributed by atoms with Crippen molar-refractivity contribution in [3.63, 3.8) is 0 Å². The molecule has 2 nitrogen and oxygen atoms in total. The standard InChI is InChI=1S/C19H23NO/c1-3-7-18-12-11-17-14-16(10-13-19(17)20-18)9-6-4-5-8-15(2)21/h3,6,9-15,21H,1,4-5,7-8H2,2H3/b9-6+. The number of aliphatic hydroxyl groups excluding tert-OH is 1. The number of rotatable bonds is 7. The van der Waals surface area contributed by atoms with Gasteiger partial charge in [0.05, 0.1) is 11.6 Å². The van der Waals surface area contributed by atoms with E-state index in [-0.39, 0.29) is 6.10 Å². The van der Waals surface area contributed by atoms with Gasteiger partial charge in [0, 0.05) is 17.5 Å². The van der Waals surface area contributed by atoms with Crippen LogP contribution in [-0.4, -0.2) is 16.2 Å². The third-order valence-electron chi connectivity index (χ3n) is 3.43. The average Bonchev–Trinajstić information content (AvgIpc) is 2.47. The molecular weight excluding hydrogens is 258 g/mol. The van der Waals surface area contributed by atoms with Gasteiger partial charge in [-0.3, -0.25) is 4.98 Å². The predicted molar refractivity (Wildman–Crippen MR) is 90.2 cm³/mol. The van der Waals surface area contributed by atoms with Crippen molar-refractivity contribution in [2.75, 3.05) is 0 Å².